The normalized spacial score (nSPS) is 27.0. The predicted molar refractivity (Wildman–Crippen MR) is 63.4 cm³/mol. The fourth-order valence-electron chi connectivity index (χ4n) is 2.59. The average molecular weight is 236 g/mol. The van der Waals surface area contributed by atoms with Crippen LogP contribution in [0.3, 0.4) is 0 Å². The third-order valence-corrected chi connectivity index (χ3v) is 3.64. The average Bonchev–Trinajstić information content (AvgIpc) is 3.07. The minimum atomic E-state index is 0.659. The van der Waals surface area contributed by atoms with Crippen molar-refractivity contribution < 1.29 is 4.52 Å². The Balaban J connectivity index is 1.60. The van der Waals surface area contributed by atoms with Crippen molar-refractivity contribution >= 4 is 0 Å². The summed E-state index contributed by atoms with van der Waals surface area (Å²) in [5.41, 5.74) is 0. The molecule has 1 aliphatic heterocycles. The molecule has 1 saturated heterocycles. The molecular formula is C12H20N4O. The molecule has 17 heavy (non-hydrogen) atoms. The molecule has 94 valence electrons. The summed E-state index contributed by atoms with van der Waals surface area (Å²) < 4.78 is 5.02. The van der Waals surface area contributed by atoms with E-state index in [2.05, 4.69) is 20.4 Å². The van der Waals surface area contributed by atoms with E-state index in [1.807, 2.05) is 6.92 Å². The minimum Gasteiger partial charge on any atom is -0.340 e. The van der Waals surface area contributed by atoms with Crippen molar-refractivity contribution in [3.8, 4) is 0 Å². The third-order valence-electron chi connectivity index (χ3n) is 3.64. The summed E-state index contributed by atoms with van der Waals surface area (Å²) in [6, 6.07) is 0.672. The Kier molecular flexibility index (Phi) is 3.11. The first-order valence-electron chi connectivity index (χ1n) is 6.56. The molecule has 1 saturated carbocycles. The van der Waals surface area contributed by atoms with Gasteiger partial charge in [-0.1, -0.05) is 5.16 Å². The molecule has 5 heteroatoms. The number of nitrogens with zero attached hydrogens (tertiary/aromatic N) is 3. The van der Waals surface area contributed by atoms with Crippen molar-refractivity contribution in [2.45, 2.75) is 38.8 Å². The number of aromatic nitrogens is 2. The highest BCUT2D eigenvalue weighted by Crippen LogP contribution is 2.33. The van der Waals surface area contributed by atoms with Crippen molar-refractivity contribution in [2.75, 3.05) is 19.6 Å². The molecule has 3 rings (SSSR count). The van der Waals surface area contributed by atoms with Gasteiger partial charge in [0.1, 0.15) is 0 Å². The molecule has 1 unspecified atom stereocenters. The lowest BCUT2D eigenvalue weighted by Gasteiger charge is -2.22. The van der Waals surface area contributed by atoms with Crippen LogP contribution in [0.5, 0.6) is 0 Å². The minimum absolute atomic E-state index is 0.659. The molecule has 1 aromatic heterocycles. The molecule has 1 atom stereocenters. The van der Waals surface area contributed by atoms with E-state index >= 15 is 0 Å². The molecule has 2 heterocycles. The smallest absolute Gasteiger partial charge is 0.223 e. The number of nitrogens with one attached hydrogen (secondary N) is 1. The van der Waals surface area contributed by atoms with Crippen molar-refractivity contribution in [1.29, 1.82) is 0 Å². The van der Waals surface area contributed by atoms with Crippen LogP contribution < -0.4 is 5.32 Å². The summed E-state index contributed by atoms with van der Waals surface area (Å²) in [5, 5.41) is 7.64. The van der Waals surface area contributed by atoms with Gasteiger partial charge in [-0.15, -0.1) is 0 Å². The lowest BCUT2D eigenvalue weighted by molar-refractivity contribution is 0.241. The Hall–Kier alpha value is -0.940. The summed E-state index contributed by atoms with van der Waals surface area (Å²) in [4.78, 5) is 6.73. The first kappa shape index (κ1) is 11.2. The van der Waals surface area contributed by atoms with Gasteiger partial charge in [0.2, 0.25) is 5.89 Å². The second-order valence-corrected chi connectivity index (χ2v) is 5.22. The van der Waals surface area contributed by atoms with E-state index in [9.17, 15) is 0 Å². The van der Waals surface area contributed by atoms with Gasteiger partial charge in [-0.25, -0.2) is 0 Å². The molecule has 2 fully saturated rings. The van der Waals surface area contributed by atoms with E-state index in [0.717, 1.165) is 37.9 Å². The van der Waals surface area contributed by atoms with Gasteiger partial charge in [0.25, 0.3) is 0 Å². The fraction of sp³-hybridized carbons (Fsp3) is 0.833. The molecule has 1 aromatic rings. The van der Waals surface area contributed by atoms with Gasteiger partial charge < -0.3 is 9.84 Å². The van der Waals surface area contributed by atoms with E-state index in [-0.39, 0.29) is 0 Å². The molecule has 0 aromatic carbocycles. The Morgan fingerprint density at radius 3 is 3.06 bits per heavy atom. The van der Waals surface area contributed by atoms with Crippen LogP contribution >= 0.6 is 0 Å². The first-order valence-corrected chi connectivity index (χ1v) is 6.56. The molecule has 0 amide bonds. The molecule has 0 radical (unpaired) electrons. The highest BCUT2D eigenvalue weighted by atomic mass is 16.5. The second-order valence-electron chi connectivity index (χ2n) is 5.22. The van der Waals surface area contributed by atoms with Crippen LogP contribution in [0.4, 0.5) is 0 Å². The summed E-state index contributed by atoms with van der Waals surface area (Å²) in [6.07, 6.45) is 4.00. The number of aryl methyl sites for hydroxylation is 1. The number of hydrogen-bond donors (Lipinski definition) is 1. The van der Waals surface area contributed by atoms with Crippen LogP contribution in [-0.4, -0.2) is 40.7 Å². The largest absolute Gasteiger partial charge is 0.340 e. The van der Waals surface area contributed by atoms with Crippen LogP contribution in [0.15, 0.2) is 4.52 Å². The molecular weight excluding hydrogens is 216 g/mol. The topological polar surface area (TPSA) is 54.2 Å². The number of hydrogen-bond acceptors (Lipinski definition) is 5. The highest BCUT2D eigenvalue weighted by Gasteiger charge is 2.33. The lowest BCUT2D eigenvalue weighted by atomic mass is 10.2. The molecule has 1 aliphatic carbocycles. The standard InChI is InChI=1S/C12H20N4O/c1-9-14-12(15-17-9)8-16-6-2-5-13-11(7-16)10-3-4-10/h10-11,13H,2-8H2,1H3. The van der Waals surface area contributed by atoms with Gasteiger partial charge in [-0.05, 0) is 38.3 Å². The van der Waals surface area contributed by atoms with Crippen molar-refractivity contribution in [3.63, 3.8) is 0 Å². The van der Waals surface area contributed by atoms with Gasteiger partial charge in [0, 0.05) is 19.5 Å². The van der Waals surface area contributed by atoms with Crippen LogP contribution in [-0.2, 0) is 6.54 Å². The monoisotopic (exact) mass is 236 g/mol. The zero-order chi connectivity index (χ0) is 11.7. The fourth-order valence-corrected chi connectivity index (χ4v) is 2.59. The van der Waals surface area contributed by atoms with E-state index in [0.29, 0.717) is 11.9 Å². The maximum atomic E-state index is 5.02. The zero-order valence-electron chi connectivity index (χ0n) is 10.4. The summed E-state index contributed by atoms with van der Waals surface area (Å²) in [6.45, 7) is 6.06. The highest BCUT2D eigenvalue weighted by molar-refractivity contribution is 4.92. The number of rotatable bonds is 3. The second kappa shape index (κ2) is 4.74. The molecule has 5 nitrogen and oxygen atoms in total. The Bertz CT molecular complexity index is 374. The van der Waals surface area contributed by atoms with E-state index in [1.165, 1.54) is 19.3 Å². The third kappa shape index (κ3) is 2.84. The van der Waals surface area contributed by atoms with Gasteiger partial charge in [-0.2, -0.15) is 4.98 Å². The van der Waals surface area contributed by atoms with Gasteiger partial charge >= 0.3 is 0 Å². The molecule has 1 N–H and O–H groups in total. The predicted octanol–water partition coefficient (Wildman–Crippen LogP) is 0.952. The molecule has 0 spiro atoms. The van der Waals surface area contributed by atoms with Crippen LogP contribution in [0.1, 0.15) is 31.0 Å². The van der Waals surface area contributed by atoms with Crippen molar-refractivity contribution in [3.05, 3.63) is 11.7 Å². The van der Waals surface area contributed by atoms with Crippen LogP contribution in [0.25, 0.3) is 0 Å². The maximum absolute atomic E-state index is 5.02. The summed E-state index contributed by atoms with van der Waals surface area (Å²) in [5.74, 6) is 2.38. The van der Waals surface area contributed by atoms with Crippen molar-refractivity contribution in [1.82, 2.24) is 20.4 Å². The molecule has 0 bridgehead atoms. The van der Waals surface area contributed by atoms with Gasteiger partial charge in [0.05, 0.1) is 6.54 Å². The van der Waals surface area contributed by atoms with Crippen molar-refractivity contribution in [2.24, 2.45) is 5.92 Å². The first-order chi connectivity index (χ1) is 8.31. The quantitative estimate of drug-likeness (QED) is 0.847. The van der Waals surface area contributed by atoms with Gasteiger partial charge in [-0.3, -0.25) is 4.90 Å². The van der Waals surface area contributed by atoms with Crippen LogP contribution in [0.2, 0.25) is 0 Å². The Morgan fingerprint density at radius 2 is 2.35 bits per heavy atom. The van der Waals surface area contributed by atoms with Gasteiger partial charge in [0.15, 0.2) is 5.82 Å². The summed E-state index contributed by atoms with van der Waals surface area (Å²) >= 11 is 0. The molecule has 2 aliphatic rings. The summed E-state index contributed by atoms with van der Waals surface area (Å²) in [7, 11) is 0. The zero-order valence-corrected chi connectivity index (χ0v) is 10.4. The van der Waals surface area contributed by atoms with E-state index in [1.54, 1.807) is 0 Å². The van der Waals surface area contributed by atoms with Crippen LogP contribution in [0, 0.1) is 12.8 Å². The lowest BCUT2D eigenvalue weighted by Crippen LogP contribution is -2.39. The maximum Gasteiger partial charge on any atom is 0.223 e. The Labute approximate surface area is 102 Å². The van der Waals surface area contributed by atoms with E-state index < -0.39 is 0 Å². The SMILES string of the molecule is Cc1nc(CN2CCCNC(C3CC3)C2)no1. The van der Waals surface area contributed by atoms with E-state index in [4.69, 9.17) is 4.52 Å². The Morgan fingerprint density at radius 1 is 1.47 bits per heavy atom.